The fraction of sp³-hybridized carbons (Fsp3) is 0.389. The van der Waals surface area contributed by atoms with E-state index in [0.717, 1.165) is 10.2 Å². The Hall–Kier alpha value is -2.97. The number of alkyl halides is 2. The first kappa shape index (κ1) is 20.3. The van der Waals surface area contributed by atoms with Gasteiger partial charge >= 0.3 is 11.9 Å². The molecule has 27 heavy (non-hydrogen) atoms. The highest BCUT2D eigenvalue weighted by Gasteiger charge is 2.25. The molecule has 0 unspecified atom stereocenters. The molecule has 1 heterocycles. The van der Waals surface area contributed by atoms with Crippen molar-refractivity contribution in [1.29, 1.82) is 0 Å². The summed E-state index contributed by atoms with van der Waals surface area (Å²) in [6.45, 7) is -0.172. The summed E-state index contributed by atoms with van der Waals surface area (Å²) in [5.41, 5.74) is 1.15. The second-order valence-corrected chi connectivity index (χ2v) is 5.68. The van der Waals surface area contributed by atoms with E-state index in [1.54, 1.807) is 4.90 Å². The van der Waals surface area contributed by atoms with E-state index in [0.29, 0.717) is 12.2 Å². The average molecular weight is 381 g/mol. The summed E-state index contributed by atoms with van der Waals surface area (Å²) < 4.78 is 36.0. The molecular formula is C18H21F2N3O4. The lowest BCUT2D eigenvalue weighted by Gasteiger charge is -2.24. The minimum absolute atomic E-state index is 0.0595. The Labute approximate surface area is 155 Å². The van der Waals surface area contributed by atoms with Gasteiger partial charge in [-0.1, -0.05) is 30.3 Å². The van der Waals surface area contributed by atoms with Crippen LogP contribution in [0.2, 0.25) is 0 Å². The van der Waals surface area contributed by atoms with Crippen molar-refractivity contribution in [3.05, 3.63) is 47.8 Å². The van der Waals surface area contributed by atoms with E-state index in [-0.39, 0.29) is 18.7 Å². The van der Waals surface area contributed by atoms with Crippen molar-refractivity contribution < 1.29 is 27.8 Å². The number of esters is 2. The minimum atomic E-state index is -2.68. The van der Waals surface area contributed by atoms with Crippen LogP contribution in [-0.2, 0) is 27.4 Å². The molecule has 1 aromatic heterocycles. The second-order valence-electron chi connectivity index (χ2n) is 5.68. The quantitative estimate of drug-likeness (QED) is 0.622. The molecule has 146 valence electrons. The van der Waals surface area contributed by atoms with Crippen LogP contribution in [0.5, 0.6) is 0 Å². The van der Waals surface area contributed by atoms with Gasteiger partial charge in [-0.2, -0.15) is 5.10 Å². The highest BCUT2D eigenvalue weighted by Crippen LogP contribution is 2.24. The number of halogens is 2. The number of benzene rings is 1. The van der Waals surface area contributed by atoms with Gasteiger partial charge in [0.05, 0.1) is 32.5 Å². The molecule has 0 saturated carbocycles. The number of rotatable bonds is 9. The molecule has 2 aromatic rings. The molecule has 0 atom stereocenters. The fourth-order valence-corrected chi connectivity index (χ4v) is 2.60. The van der Waals surface area contributed by atoms with Crippen molar-refractivity contribution in [2.24, 2.45) is 0 Å². The van der Waals surface area contributed by atoms with Crippen LogP contribution < -0.4 is 4.90 Å². The minimum Gasteiger partial charge on any atom is -0.469 e. The third kappa shape index (κ3) is 5.50. The predicted octanol–water partition coefficient (Wildman–Crippen LogP) is 2.50. The second kappa shape index (κ2) is 9.65. The van der Waals surface area contributed by atoms with Gasteiger partial charge in [-0.05, 0) is 5.56 Å². The highest BCUT2D eigenvalue weighted by molar-refractivity contribution is 5.94. The van der Waals surface area contributed by atoms with Crippen LogP contribution >= 0.6 is 0 Å². The van der Waals surface area contributed by atoms with Gasteiger partial charge in [0.15, 0.2) is 5.69 Å². The van der Waals surface area contributed by atoms with Crippen LogP contribution in [-0.4, -0.2) is 48.9 Å². The monoisotopic (exact) mass is 381 g/mol. The zero-order chi connectivity index (χ0) is 19.8. The van der Waals surface area contributed by atoms with Gasteiger partial charge in [-0.25, -0.2) is 13.6 Å². The maximum atomic E-state index is 12.8. The van der Waals surface area contributed by atoms with Crippen LogP contribution in [0.4, 0.5) is 14.5 Å². The lowest BCUT2D eigenvalue weighted by atomic mass is 10.2. The van der Waals surface area contributed by atoms with E-state index >= 15 is 0 Å². The lowest BCUT2D eigenvalue weighted by Crippen LogP contribution is -2.28. The molecule has 0 radical (unpaired) electrons. The summed E-state index contributed by atoms with van der Waals surface area (Å²) >= 11 is 0. The number of hydrogen-bond donors (Lipinski definition) is 0. The molecule has 0 amide bonds. The lowest BCUT2D eigenvalue weighted by molar-refractivity contribution is -0.140. The Morgan fingerprint density at radius 1 is 1.19 bits per heavy atom. The van der Waals surface area contributed by atoms with E-state index < -0.39 is 24.9 Å². The van der Waals surface area contributed by atoms with Crippen LogP contribution in [0.25, 0.3) is 0 Å². The number of ether oxygens (including phenoxy) is 2. The van der Waals surface area contributed by atoms with E-state index in [1.165, 1.54) is 20.4 Å². The number of methoxy groups -OCH3 is 2. The van der Waals surface area contributed by atoms with Gasteiger partial charge in [0.25, 0.3) is 6.43 Å². The van der Waals surface area contributed by atoms with Crippen molar-refractivity contribution in [3.63, 3.8) is 0 Å². The van der Waals surface area contributed by atoms with E-state index in [9.17, 15) is 18.4 Å². The first-order valence-corrected chi connectivity index (χ1v) is 8.24. The average Bonchev–Trinajstić information content (AvgIpc) is 3.07. The number of nitrogens with zero attached hydrogens (tertiary/aromatic N) is 3. The van der Waals surface area contributed by atoms with Gasteiger partial charge in [0.1, 0.15) is 6.54 Å². The standard InChI is InChI=1S/C18H21F2N3O4/c1-26-16(24)8-9-22(11-13-6-4-3-5-7-13)14-10-21-23(12-15(19)20)17(14)18(25)27-2/h3-7,10,15H,8-9,11-12H2,1-2H3. The van der Waals surface area contributed by atoms with E-state index in [4.69, 9.17) is 4.74 Å². The maximum Gasteiger partial charge on any atom is 0.358 e. The molecule has 0 aliphatic heterocycles. The molecular weight excluding hydrogens is 360 g/mol. The Bertz CT molecular complexity index is 765. The van der Waals surface area contributed by atoms with Gasteiger partial charge in [0, 0.05) is 13.1 Å². The number of carbonyl (C=O) groups is 2. The number of anilines is 1. The largest absolute Gasteiger partial charge is 0.469 e. The van der Waals surface area contributed by atoms with Gasteiger partial charge in [-0.3, -0.25) is 9.48 Å². The summed E-state index contributed by atoms with van der Waals surface area (Å²) in [5.74, 6) is -1.20. The van der Waals surface area contributed by atoms with Crippen molar-refractivity contribution in [2.75, 3.05) is 25.7 Å². The predicted molar refractivity (Wildman–Crippen MR) is 93.7 cm³/mol. The van der Waals surface area contributed by atoms with Crippen LogP contribution in [0.3, 0.4) is 0 Å². The summed E-state index contributed by atoms with van der Waals surface area (Å²) in [5, 5.41) is 3.91. The zero-order valence-corrected chi connectivity index (χ0v) is 15.1. The summed E-state index contributed by atoms with van der Waals surface area (Å²) in [7, 11) is 2.45. The normalized spacial score (nSPS) is 10.7. The van der Waals surface area contributed by atoms with Crippen molar-refractivity contribution >= 4 is 17.6 Å². The maximum absolute atomic E-state index is 12.8. The fourth-order valence-electron chi connectivity index (χ4n) is 2.60. The third-order valence-electron chi connectivity index (χ3n) is 3.88. The van der Waals surface area contributed by atoms with Crippen LogP contribution in [0.15, 0.2) is 36.5 Å². The molecule has 1 aromatic carbocycles. The van der Waals surface area contributed by atoms with Crippen LogP contribution in [0.1, 0.15) is 22.5 Å². The molecule has 7 nitrogen and oxygen atoms in total. The van der Waals surface area contributed by atoms with Crippen molar-refractivity contribution in [2.45, 2.75) is 25.9 Å². The Morgan fingerprint density at radius 3 is 2.48 bits per heavy atom. The first-order chi connectivity index (χ1) is 13.0. The van der Waals surface area contributed by atoms with Gasteiger partial charge in [0.2, 0.25) is 0 Å². The molecule has 0 N–H and O–H groups in total. The first-order valence-electron chi connectivity index (χ1n) is 8.24. The molecule has 0 aliphatic rings. The molecule has 9 heteroatoms. The van der Waals surface area contributed by atoms with Crippen LogP contribution in [0, 0.1) is 0 Å². The molecule has 0 fully saturated rings. The topological polar surface area (TPSA) is 73.7 Å². The highest BCUT2D eigenvalue weighted by atomic mass is 19.3. The Balaban J connectivity index is 2.39. The van der Waals surface area contributed by atoms with Crippen molar-refractivity contribution in [1.82, 2.24) is 9.78 Å². The SMILES string of the molecule is COC(=O)CCN(Cc1ccccc1)c1cnn(CC(F)F)c1C(=O)OC. The smallest absolute Gasteiger partial charge is 0.358 e. The Morgan fingerprint density at radius 2 is 1.89 bits per heavy atom. The molecule has 0 bridgehead atoms. The summed E-state index contributed by atoms with van der Waals surface area (Å²) in [6, 6.07) is 9.34. The molecule has 0 spiro atoms. The summed E-state index contributed by atoms with van der Waals surface area (Å²) in [4.78, 5) is 25.5. The molecule has 0 aliphatic carbocycles. The molecule has 2 rings (SSSR count). The van der Waals surface area contributed by atoms with Gasteiger partial charge < -0.3 is 14.4 Å². The van der Waals surface area contributed by atoms with Gasteiger partial charge in [-0.15, -0.1) is 0 Å². The Kier molecular flexibility index (Phi) is 7.27. The number of hydrogen-bond acceptors (Lipinski definition) is 6. The third-order valence-corrected chi connectivity index (χ3v) is 3.88. The van der Waals surface area contributed by atoms with E-state index in [2.05, 4.69) is 9.84 Å². The van der Waals surface area contributed by atoms with E-state index in [1.807, 2.05) is 30.3 Å². The summed E-state index contributed by atoms with van der Waals surface area (Å²) in [6.07, 6.45) is -1.29. The number of aromatic nitrogens is 2. The number of carbonyl (C=O) groups excluding carboxylic acids is 2. The van der Waals surface area contributed by atoms with Crippen molar-refractivity contribution in [3.8, 4) is 0 Å². The molecule has 0 saturated heterocycles. The zero-order valence-electron chi connectivity index (χ0n) is 15.1.